The van der Waals surface area contributed by atoms with Gasteiger partial charge in [0.15, 0.2) is 0 Å². The molecule has 0 saturated heterocycles. The number of benzene rings is 1. The first kappa shape index (κ1) is 11.6. The van der Waals surface area contributed by atoms with Crippen LogP contribution in [0.15, 0.2) is 12.1 Å². The third-order valence-corrected chi connectivity index (χ3v) is 2.28. The maximum absolute atomic E-state index is 5.89. The van der Waals surface area contributed by atoms with Crippen LogP contribution in [0, 0.1) is 25.7 Å². The molecule has 0 radical (unpaired) electrons. The highest BCUT2D eigenvalue weighted by Crippen LogP contribution is 2.16. The van der Waals surface area contributed by atoms with Crippen LogP contribution in [0.5, 0.6) is 0 Å². The van der Waals surface area contributed by atoms with Crippen molar-refractivity contribution < 1.29 is 0 Å². The Morgan fingerprint density at radius 2 is 1.80 bits per heavy atom. The summed E-state index contributed by atoms with van der Waals surface area (Å²) in [6, 6.07) is 4.03. The molecule has 15 heavy (non-hydrogen) atoms. The van der Waals surface area contributed by atoms with E-state index in [0.717, 1.165) is 17.8 Å². The second kappa shape index (κ2) is 4.86. The van der Waals surface area contributed by atoms with Crippen molar-refractivity contribution in [2.24, 2.45) is 0 Å². The standard InChI is InChI=1S/C13H18N2/c1-10-8-12(6-5-7-15(3)4)13(14)9-11(10)2/h8-9H,7,14H2,1-4H3. The monoisotopic (exact) mass is 202 g/mol. The molecule has 0 aromatic heterocycles. The third kappa shape index (κ3) is 3.30. The topological polar surface area (TPSA) is 29.3 Å². The summed E-state index contributed by atoms with van der Waals surface area (Å²) in [7, 11) is 4.00. The van der Waals surface area contributed by atoms with Gasteiger partial charge in [0.2, 0.25) is 0 Å². The van der Waals surface area contributed by atoms with Crippen molar-refractivity contribution in [2.75, 3.05) is 26.4 Å². The molecule has 0 aliphatic carbocycles. The van der Waals surface area contributed by atoms with E-state index in [-0.39, 0.29) is 0 Å². The molecule has 2 N–H and O–H groups in total. The average molecular weight is 202 g/mol. The van der Waals surface area contributed by atoms with Gasteiger partial charge in [0, 0.05) is 11.3 Å². The fraction of sp³-hybridized carbons (Fsp3) is 0.385. The molecule has 0 bridgehead atoms. The second-order valence-electron chi connectivity index (χ2n) is 4.06. The summed E-state index contributed by atoms with van der Waals surface area (Å²) < 4.78 is 0. The SMILES string of the molecule is Cc1cc(N)c(C#CCN(C)C)cc1C. The maximum Gasteiger partial charge on any atom is 0.0600 e. The molecule has 0 spiro atoms. The van der Waals surface area contributed by atoms with Gasteiger partial charge < -0.3 is 5.73 Å². The van der Waals surface area contributed by atoms with E-state index >= 15 is 0 Å². The Morgan fingerprint density at radius 1 is 1.20 bits per heavy atom. The highest BCUT2D eigenvalue weighted by atomic mass is 15.0. The molecule has 1 aromatic carbocycles. The molecule has 1 rings (SSSR count). The van der Waals surface area contributed by atoms with Crippen molar-refractivity contribution in [3.8, 4) is 11.8 Å². The van der Waals surface area contributed by atoms with Crippen molar-refractivity contribution in [3.63, 3.8) is 0 Å². The van der Waals surface area contributed by atoms with Gasteiger partial charge in [-0.25, -0.2) is 0 Å². The summed E-state index contributed by atoms with van der Waals surface area (Å²) in [4.78, 5) is 2.03. The molecule has 0 aliphatic rings. The molecule has 2 nitrogen and oxygen atoms in total. The van der Waals surface area contributed by atoms with Gasteiger partial charge >= 0.3 is 0 Å². The highest BCUT2D eigenvalue weighted by molar-refractivity contribution is 5.59. The number of aryl methyl sites for hydroxylation is 2. The zero-order valence-electron chi connectivity index (χ0n) is 9.89. The summed E-state index contributed by atoms with van der Waals surface area (Å²) >= 11 is 0. The lowest BCUT2D eigenvalue weighted by Crippen LogP contribution is -2.10. The fourth-order valence-electron chi connectivity index (χ4n) is 1.24. The van der Waals surface area contributed by atoms with Gasteiger partial charge in [-0.15, -0.1) is 0 Å². The van der Waals surface area contributed by atoms with E-state index in [1.165, 1.54) is 11.1 Å². The molecule has 0 amide bonds. The van der Waals surface area contributed by atoms with Crippen LogP contribution in [0.3, 0.4) is 0 Å². The van der Waals surface area contributed by atoms with Crippen LogP contribution in [-0.2, 0) is 0 Å². The number of hydrogen-bond donors (Lipinski definition) is 1. The number of rotatable bonds is 1. The molecule has 0 aliphatic heterocycles. The molecule has 2 heteroatoms. The van der Waals surface area contributed by atoms with Crippen molar-refractivity contribution in [1.82, 2.24) is 4.90 Å². The molecule has 0 heterocycles. The Hall–Kier alpha value is -1.46. The predicted molar refractivity (Wildman–Crippen MR) is 65.8 cm³/mol. The van der Waals surface area contributed by atoms with Gasteiger partial charge in [-0.1, -0.05) is 11.8 Å². The van der Waals surface area contributed by atoms with E-state index < -0.39 is 0 Å². The van der Waals surface area contributed by atoms with E-state index in [2.05, 4.69) is 25.7 Å². The Balaban J connectivity index is 2.94. The lowest BCUT2D eigenvalue weighted by molar-refractivity contribution is 0.464. The summed E-state index contributed by atoms with van der Waals surface area (Å²) in [5, 5.41) is 0. The van der Waals surface area contributed by atoms with E-state index in [4.69, 9.17) is 5.73 Å². The van der Waals surface area contributed by atoms with Crippen LogP contribution in [0.1, 0.15) is 16.7 Å². The minimum atomic E-state index is 0.756. The molecule has 0 atom stereocenters. The van der Waals surface area contributed by atoms with Crippen LogP contribution in [0.2, 0.25) is 0 Å². The first-order valence-corrected chi connectivity index (χ1v) is 5.01. The summed E-state index contributed by atoms with van der Waals surface area (Å²) in [6.45, 7) is 4.89. The number of nitrogens with two attached hydrogens (primary N) is 1. The summed E-state index contributed by atoms with van der Waals surface area (Å²) in [5.74, 6) is 6.18. The average Bonchev–Trinajstić information content (AvgIpc) is 2.13. The van der Waals surface area contributed by atoms with E-state index in [9.17, 15) is 0 Å². The number of nitrogens with zero attached hydrogens (tertiary/aromatic N) is 1. The molecule has 0 unspecified atom stereocenters. The quantitative estimate of drug-likeness (QED) is 0.556. The Kier molecular flexibility index (Phi) is 3.76. The van der Waals surface area contributed by atoms with E-state index in [1.54, 1.807) is 0 Å². The first-order chi connectivity index (χ1) is 7.00. The van der Waals surface area contributed by atoms with Crippen LogP contribution in [0.25, 0.3) is 0 Å². The number of anilines is 1. The van der Waals surface area contributed by atoms with E-state index in [1.807, 2.05) is 31.1 Å². The van der Waals surface area contributed by atoms with Crippen molar-refractivity contribution in [2.45, 2.75) is 13.8 Å². The Labute approximate surface area is 92.1 Å². The largest absolute Gasteiger partial charge is 0.398 e. The minimum Gasteiger partial charge on any atom is -0.398 e. The third-order valence-electron chi connectivity index (χ3n) is 2.28. The molecule has 1 aromatic rings. The minimum absolute atomic E-state index is 0.756. The maximum atomic E-state index is 5.89. The molecular weight excluding hydrogens is 184 g/mol. The second-order valence-corrected chi connectivity index (χ2v) is 4.06. The molecule has 80 valence electrons. The molecule has 0 saturated carbocycles. The lowest BCUT2D eigenvalue weighted by Gasteiger charge is -2.05. The van der Waals surface area contributed by atoms with Crippen LogP contribution in [-0.4, -0.2) is 25.5 Å². The van der Waals surface area contributed by atoms with Crippen LogP contribution in [0.4, 0.5) is 5.69 Å². The smallest absolute Gasteiger partial charge is 0.0600 e. The summed E-state index contributed by atoms with van der Waals surface area (Å²) in [5.41, 5.74) is 10.0. The van der Waals surface area contributed by atoms with Gasteiger partial charge in [-0.3, -0.25) is 4.90 Å². The Bertz CT molecular complexity index is 409. The number of hydrogen-bond acceptors (Lipinski definition) is 2. The van der Waals surface area contributed by atoms with Crippen LogP contribution < -0.4 is 5.73 Å². The first-order valence-electron chi connectivity index (χ1n) is 5.01. The van der Waals surface area contributed by atoms with Gasteiger partial charge in [-0.05, 0) is 51.2 Å². The fourth-order valence-corrected chi connectivity index (χ4v) is 1.24. The zero-order chi connectivity index (χ0) is 11.4. The normalized spacial score (nSPS) is 9.93. The van der Waals surface area contributed by atoms with Crippen molar-refractivity contribution >= 4 is 5.69 Å². The highest BCUT2D eigenvalue weighted by Gasteiger charge is 1.99. The lowest BCUT2D eigenvalue weighted by atomic mass is 10.0. The molecular formula is C13H18N2. The van der Waals surface area contributed by atoms with Gasteiger partial charge in [0.05, 0.1) is 6.54 Å². The van der Waals surface area contributed by atoms with Gasteiger partial charge in [0.1, 0.15) is 0 Å². The molecule has 0 fully saturated rings. The van der Waals surface area contributed by atoms with Gasteiger partial charge in [-0.2, -0.15) is 0 Å². The predicted octanol–water partition coefficient (Wildman–Crippen LogP) is 1.80. The van der Waals surface area contributed by atoms with Crippen molar-refractivity contribution in [1.29, 1.82) is 0 Å². The van der Waals surface area contributed by atoms with E-state index in [0.29, 0.717) is 0 Å². The number of nitrogen functional groups attached to an aromatic ring is 1. The van der Waals surface area contributed by atoms with Crippen molar-refractivity contribution in [3.05, 3.63) is 28.8 Å². The Morgan fingerprint density at radius 3 is 2.40 bits per heavy atom. The summed E-state index contributed by atoms with van der Waals surface area (Å²) in [6.07, 6.45) is 0. The zero-order valence-corrected chi connectivity index (χ0v) is 9.89. The van der Waals surface area contributed by atoms with Crippen LogP contribution >= 0.6 is 0 Å². The van der Waals surface area contributed by atoms with Gasteiger partial charge in [0.25, 0.3) is 0 Å².